The Bertz CT molecular complexity index is 245. The molecule has 1 heterocycles. The maximum absolute atomic E-state index is 10.6. The second-order valence-corrected chi connectivity index (χ2v) is 2.46. The van der Waals surface area contributed by atoms with Gasteiger partial charge in [0.2, 0.25) is 0 Å². The van der Waals surface area contributed by atoms with Crippen molar-refractivity contribution < 1.29 is 19.8 Å². The second kappa shape index (κ2) is 3.46. The lowest BCUT2D eigenvalue weighted by Crippen LogP contribution is -3.10. The Balaban J connectivity index is 2.61. The molecule has 1 aliphatic rings. The van der Waals surface area contributed by atoms with Gasteiger partial charge < -0.3 is 5.11 Å². The van der Waals surface area contributed by atoms with Crippen molar-refractivity contribution >= 4 is 11.8 Å². The molecule has 2 N–H and O–H groups in total. The Morgan fingerprint density at radius 1 is 1.83 bits per heavy atom. The molecule has 0 saturated carbocycles. The zero-order chi connectivity index (χ0) is 9.14. The van der Waals surface area contributed by atoms with Gasteiger partial charge in [-0.2, -0.15) is 4.99 Å². The molecule has 0 saturated heterocycles. The Morgan fingerprint density at radius 2 is 2.50 bits per heavy atom. The number of aliphatic imine (C=N–C) groups is 1. The van der Waals surface area contributed by atoms with Crippen LogP contribution in [0.25, 0.3) is 0 Å². The number of hydrogen-bond acceptors (Lipinski definition) is 4. The molecule has 0 aromatic heterocycles. The minimum absolute atomic E-state index is 0.331. The number of rotatable bonds is 2. The fourth-order valence-electron chi connectivity index (χ4n) is 0.889. The first-order chi connectivity index (χ1) is 5.61. The molecule has 2 atom stereocenters. The summed E-state index contributed by atoms with van der Waals surface area (Å²) in [5, 5.41) is 9.48. The molecule has 12 heavy (non-hydrogen) atoms. The molecular formula is C7H11N2O3+. The van der Waals surface area contributed by atoms with Gasteiger partial charge in [-0.25, -0.2) is 4.79 Å². The van der Waals surface area contributed by atoms with Crippen molar-refractivity contribution in [1.29, 1.82) is 0 Å². The van der Waals surface area contributed by atoms with Crippen LogP contribution >= 0.6 is 0 Å². The third-order valence-electron chi connectivity index (χ3n) is 1.34. The van der Waals surface area contributed by atoms with Crippen LogP contribution in [0.15, 0.2) is 17.4 Å². The second-order valence-electron chi connectivity index (χ2n) is 2.46. The zero-order valence-electron chi connectivity index (χ0n) is 6.94. The topological polar surface area (TPSA) is 63.3 Å². The van der Waals surface area contributed by atoms with Gasteiger partial charge in [0.1, 0.15) is 6.10 Å². The number of aliphatic hydroxyl groups is 1. The first kappa shape index (κ1) is 8.89. The van der Waals surface area contributed by atoms with Crippen LogP contribution in [0.2, 0.25) is 0 Å². The molecule has 0 aromatic rings. The Hall–Kier alpha value is -1.20. The summed E-state index contributed by atoms with van der Waals surface area (Å²) < 4.78 is 0. The SMILES string of the molecule is CC(=O)O[NH+]1C=CN=C1C(C)O. The van der Waals surface area contributed by atoms with E-state index in [-0.39, 0.29) is 0 Å². The van der Waals surface area contributed by atoms with Crippen molar-refractivity contribution in [2.24, 2.45) is 4.99 Å². The average molecular weight is 171 g/mol. The van der Waals surface area contributed by atoms with Gasteiger partial charge in [-0.1, -0.05) is 5.06 Å². The molecular weight excluding hydrogens is 160 g/mol. The number of carbonyl (C=O) groups is 1. The first-order valence-corrected chi connectivity index (χ1v) is 3.59. The largest absolute Gasteiger partial charge is 0.381 e. The Labute approximate surface area is 69.9 Å². The van der Waals surface area contributed by atoms with Crippen LogP contribution in [-0.2, 0) is 9.63 Å². The number of aliphatic hydroxyl groups excluding tert-OH is 1. The van der Waals surface area contributed by atoms with Crippen molar-refractivity contribution in [2.75, 3.05) is 0 Å². The van der Waals surface area contributed by atoms with Gasteiger partial charge in [0.15, 0.2) is 6.20 Å². The van der Waals surface area contributed by atoms with Crippen molar-refractivity contribution in [1.82, 2.24) is 0 Å². The monoisotopic (exact) mass is 171 g/mol. The minimum Gasteiger partial charge on any atom is -0.381 e. The highest BCUT2D eigenvalue weighted by Crippen LogP contribution is 1.88. The van der Waals surface area contributed by atoms with E-state index in [2.05, 4.69) is 4.99 Å². The fourth-order valence-corrected chi connectivity index (χ4v) is 0.889. The van der Waals surface area contributed by atoms with Gasteiger partial charge in [0.05, 0.1) is 6.20 Å². The molecule has 66 valence electrons. The minimum atomic E-state index is -0.714. The van der Waals surface area contributed by atoms with E-state index in [1.54, 1.807) is 13.1 Å². The van der Waals surface area contributed by atoms with E-state index in [1.807, 2.05) is 0 Å². The normalized spacial score (nSPS) is 23.6. The first-order valence-electron chi connectivity index (χ1n) is 3.59. The summed E-state index contributed by atoms with van der Waals surface area (Å²) in [5.41, 5.74) is 0. The standard InChI is InChI=1S/C7H10N2O3/c1-5(10)7-8-3-4-9(7)12-6(2)11/h3-5,10H,1-2H3/p+1. The molecule has 1 aliphatic heterocycles. The van der Waals surface area contributed by atoms with Gasteiger partial charge >= 0.3 is 5.97 Å². The van der Waals surface area contributed by atoms with E-state index in [9.17, 15) is 4.79 Å². The lowest BCUT2D eigenvalue weighted by Gasteiger charge is -2.10. The summed E-state index contributed by atoms with van der Waals surface area (Å²) in [6.45, 7) is 2.87. The number of carbonyl (C=O) groups excluding carboxylic acids is 1. The van der Waals surface area contributed by atoms with Gasteiger partial charge in [-0.15, -0.1) is 0 Å². The van der Waals surface area contributed by atoms with Gasteiger partial charge in [-0.3, -0.25) is 4.84 Å². The highest BCUT2D eigenvalue weighted by atomic mass is 16.7. The lowest BCUT2D eigenvalue weighted by atomic mass is 10.4. The number of hydroxylamine groups is 2. The Kier molecular flexibility index (Phi) is 2.57. The molecule has 0 fully saturated rings. The number of quaternary nitrogens is 1. The molecule has 1 rings (SSSR count). The molecule has 5 heteroatoms. The van der Waals surface area contributed by atoms with Crippen LogP contribution in [0, 0.1) is 0 Å². The third-order valence-corrected chi connectivity index (χ3v) is 1.34. The number of hydrogen-bond donors (Lipinski definition) is 2. The molecule has 0 bridgehead atoms. The summed E-state index contributed by atoms with van der Waals surface area (Å²) in [4.78, 5) is 19.2. The van der Waals surface area contributed by atoms with E-state index < -0.39 is 12.1 Å². The summed E-state index contributed by atoms with van der Waals surface area (Å²) >= 11 is 0. The number of nitrogens with one attached hydrogen (secondary N) is 1. The van der Waals surface area contributed by atoms with Crippen molar-refractivity contribution in [3.05, 3.63) is 12.4 Å². The summed E-state index contributed by atoms with van der Waals surface area (Å²) in [5.74, 6) is -0.0184. The fraction of sp³-hybridized carbons (Fsp3) is 0.429. The number of nitrogens with zero attached hydrogens (tertiary/aromatic N) is 1. The molecule has 0 radical (unpaired) electrons. The smallest absolute Gasteiger partial charge is 0.364 e. The van der Waals surface area contributed by atoms with Gasteiger partial charge in [0, 0.05) is 6.92 Å². The summed E-state index contributed by atoms with van der Waals surface area (Å²) in [6.07, 6.45) is 2.32. The predicted molar refractivity (Wildman–Crippen MR) is 41.0 cm³/mol. The maximum atomic E-state index is 10.6. The van der Waals surface area contributed by atoms with Crippen molar-refractivity contribution in [2.45, 2.75) is 20.0 Å². The van der Waals surface area contributed by atoms with E-state index in [1.165, 1.54) is 13.1 Å². The number of amidine groups is 1. The maximum Gasteiger partial charge on any atom is 0.364 e. The third kappa shape index (κ3) is 1.90. The van der Waals surface area contributed by atoms with Crippen molar-refractivity contribution in [3.8, 4) is 0 Å². The van der Waals surface area contributed by atoms with Crippen LogP contribution in [-0.4, -0.2) is 23.0 Å². The highest BCUT2D eigenvalue weighted by Gasteiger charge is 2.26. The molecule has 5 nitrogen and oxygen atoms in total. The predicted octanol–water partition coefficient (Wildman–Crippen LogP) is -1.39. The quantitative estimate of drug-likeness (QED) is 0.538. The van der Waals surface area contributed by atoms with E-state index >= 15 is 0 Å². The Morgan fingerprint density at radius 3 is 3.00 bits per heavy atom. The van der Waals surface area contributed by atoms with E-state index in [0.717, 1.165) is 0 Å². The zero-order valence-corrected chi connectivity index (χ0v) is 6.94. The van der Waals surface area contributed by atoms with Crippen LogP contribution in [0.1, 0.15) is 13.8 Å². The average Bonchev–Trinajstić information content (AvgIpc) is 2.33. The van der Waals surface area contributed by atoms with Crippen LogP contribution in [0.3, 0.4) is 0 Å². The van der Waals surface area contributed by atoms with Crippen LogP contribution < -0.4 is 5.06 Å². The van der Waals surface area contributed by atoms with E-state index in [4.69, 9.17) is 9.94 Å². The van der Waals surface area contributed by atoms with Gasteiger partial charge in [-0.05, 0) is 6.92 Å². The molecule has 0 spiro atoms. The van der Waals surface area contributed by atoms with E-state index in [0.29, 0.717) is 10.9 Å². The van der Waals surface area contributed by atoms with Gasteiger partial charge in [0.25, 0.3) is 5.84 Å². The molecule has 2 unspecified atom stereocenters. The van der Waals surface area contributed by atoms with Crippen LogP contribution in [0.5, 0.6) is 0 Å². The lowest BCUT2D eigenvalue weighted by molar-refractivity contribution is -0.953. The molecule has 0 aromatic carbocycles. The molecule has 0 aliphatic carbocycles. The highest BCUT2D eigenvalue weighted by molar-refractivity contribution is 5.80. The van der Waals surface area contributed by atoms with Crippen molar-refractivity contribution in [3.63, 3.8) is 0 Å². The molecule has 0 amide bonds. The summed E-state index contributed by atoms with van der Waals surface area (Å²) in [7, 11) is 0. The van der Waals surface area contributed by atoms with Crippen LogP contribution in [0.4, 0.5) is 0 Å². The summed E-state index contributed by atoms with van der Waals surface area (Å²) in [6, 6.07) is 0.